The highest BCUT2D eigenvalue weighted by molar-refractivity contribution is 5.78. The molecule has 0 saturated heterocycles. The molecule has 0 fully saturated rings. The van der Waals surface area contributed by atoms with E-state index in [0.717, 1.165) is 0 Å². The SMILES string of the molecule is CCOC(=O)CC(C)NCC(O)C(N)=O. The minimum atomic E-state index is -1.23. The third-order valence-corrected chi connectivity index (χ3v) is 1.77. The van der Waals surface area contributed by atoms with Crippen LogP contribution in [0.1, 0.15) is 20.3 Å². The maximum Gasteiger partial charge on any atom is 0.307 e. The fourth-order valence-corrected chi connectivity index (χ4v) is 0.955. The Balaban J connectivity index is 3.70. The van der Waals surface area contributed by atoms with Gasteiger partial charge >= 0.3 is 5.97 Å². The lowest BCUT2D eigenvalue weighted by atomic mass is 10.2. The van der Waals surface area contributed by atoms with Crippen LogP contribution in [0, 0.1) is 0 Å². The van der Waals surface area contributed by atoms with E-state index in [9.17, 15) is 9.59 Å². The molecule has 0 bridgehead atoms. The van der Waals surface area contributed by atoms with Gasteiger partial charge in [-0.25, -0.2) is 0 Å². The molecule has 0 radical (unpaired) electrons. The second-order valence-corrected chi connectivity index (χ2v) is 3.24. The molecule has 0 aromatic carbocycles. The van der Waals surface area contributed by atoms with Crippen LogP contribution < -0.4 is 11.1 Å². The number of aliphatic hydroxyl groups excluding tert-OH is 1. The van der Waals surface area contributed by atoms with E-state index in [1.165, 1.54) is 0 Å². The van der Waals surface area contributed by atoms with E-state index in [1.807, 2.05) is 0 Å². The highest BCUT2D eigenvalue weighted by Crippen LogP contribution is 1.94. The molecule has 0 saturated carbocycles. The van der Waals surface area contributed by atoms with Crippen molar-refractivity contribution in [2.75, 3.05) is 13.2 Å². The van der Waals surface area contributed by atoms with E-state index >= 15 is 0 Å². The Hall–Kier alpha value is -1.14. The number of amides is 1. The first kappa shape index (κ1) is 13.9. The molecular weight excluding hydrogens is 200 g/mol. The number of hydrogen-bond acceptors (Lipinski definition) is 5. The lowest BCUT2D eigenvalue weighted by Gasteiger charge is -2.14. The summed E-state index contributed by atoms with van der Waals surface area (Å²) >= 11 is 0. The van der Waals surface area contributed by atoms with Crippen LogP contribution in [-0.2, 0) is 14.3 Å². The smallest absolute Gasteiger partial charge is 0.307 e. The van der Waals surface area contributed by atoms with Gasteiger partial charge in [-0.05, 0) is 13.8 Å². The van der Waals surface area contributed by atoms with Crippen LogP contribution in [0.4, 0.5) is 0 Å². The van der Waals surface area contributed by atoms with Crippen molar-refractivity contribution in [2.24, 2.45) is 5.73 Å². The molecule has 1 amide bonds. The zero-order chi connectivity index (χ0) is 11.8. The number of aliphatic hydroxyl groups is 1. The summed E-state index contributed by atoms with van der Waals surface area (Å²) in [5.41, 5.74) is 4.85. The molecule has 0 aromatic heterocycles. The number of rotatable bonds is 7. The number of nitrogens with two attached hydrogens (primary N) is 1. The van der Waals surface area contributed by atoms with Crippen LogP contribution in [0.2, 0.25) is 0 Å². The van der Waals surface area contributed by atoms with Gasteiger partial charge in [0.15, 0.2) is 0 Å². The van der Waals surface area contributed by atoms with Gasteiger partial charge in [-0.15, -0.1) is 0 Å². The van der Waals surface area contributed by atoms with Crippen LogP contribution in [-0.4, -0.2) is 42.3 Å². The minimum absolute atomic E-state index is 0.0376. The zero-order valence-electron chi connectivity index (χ0n) is 9.03. The summed E-state index contributed by atoms with van der Waals surface area (Å²) in [6.07, 6.45) is -1.03. The summed E-state index contributed by atoms with van der Waals surface area (Å²) < 4.78 is 4.73. The van der Waals surface area contributed by atoms with Gasteiger partial charge in [-0.3, -0.25) is 9.59 Å². The topological polar surface area (TPSA) is 102 Å². The second-order valence-electron chi connectivity index (χ2n) is 3.24. The highest BCUT2D eigenvalue weighted by atomic mass is 16.5. The Morgan fingerprint density at radius 3 is 2.60 bits per heavy atom. The number of primary amides is 1. The largest absolute Gasteiger partial charge is 0.466 e. The summed E-state index contributed by atoms with van der Waals surface area (Å²) in [6.45, 7) is 3.86. The van der Waals surface area contributed by atoms with Crippen molar-refractivity contribution in [3.05, 3.63) is 0 Å². The predicted octanol–water partition coefficient (Wildman–Crippen LogP) is -1.24. The quantitative estimate of drug-likeness (QED) is 0.464. The molecule has 0 rings (SSSR count). The summed E-state index contributed by atoms with van der Waals surface area (Å²) in [6, 6.07) is -0.168. The van der Waals surface area contributed by atoms with Crippen molar-refractivity contribution in [1.82, 2.24) is 5.32 Å². The second kappa shape index (κ2) is 7.19. The molecule has 0 spiro atoms. The number of carbonyl (C=O) groups is 2. The average Bonchev–Trinajstić information content (AvgIpc) is 2.14. The molecule has 0 aliphatic carbocycles. The Morgan fingerprint density at radius 2 is 2.13 bits per heavy atom. The molecule has 0 heterocycles. The Kier molecular flexibility index (Phi) is 6.64. The fourth-order valence-electron chi connectivity index (χ4n) is 0.955. The third-order valence-electron chi connectivity index (χ3n) is 1.77. The minimum Gasteiger partial charge on any atom is -0.466 e. The molecule has 0 aliphatic rings. The first-order valence-electron chi connectivity index (χ1n) is 4.83. The van der Waals surface area contributed by atoms with Gasteiger partial charge in [-0.1, -0.05) is 0 Å². The van der Waals surface area contributed by atoms with Crippen LogP contribution >= 0.6 is 0 Å². The summed E-state index contributed by atoms with van der Waals surface area (Å²) in [7, 11) is 0. The number of hydrogen-bond donors (Lipinski definition) is 3. The van der Waals surface area contributed by atoms with Crippen LogP contribution in [0.5, 0.6) is 0 Å². The monoisotopic (exact) mass is 218 g/mol. The maximum absolute atomic E-state index is 11.0. The van der Waals surface area contributed by atoms with E-state index in [-0.39, 0.29) is 25.0 Å². The molecule has 6 nitrogen and oxygen atoms in total. The number of nitrogens with one attached hydrogen (secondary N) is 1. The van der Waals surface area contributed by atoms with Gasteiger partial charge in [-0.2, -0.15) is 0 Å². The number of carbonyl (C=O) groups excluding carboxylic acids is 2. The van der Waals surface area contributed by atoms with Gasteiger partial charge < -0.3 is 20.9 Å². The number of esters is 1. The van der Waals surface area contributed by atoms with Crippen molar-refractivity contribution in [2.45, 2.75) is 32.4 Å². The van der Waals surface area contributed by atoms with E-state index in [4.69, 9.17) is 15.6 Å². The maximum atomic E-state index is 11.0. The molecule has 0 aliphatic heterocycles. The molecule has 2 atom stereocenters. The lowest BCUT2D eigenvalue weighted by molar-refractivity contribution is -0.143. The molecule has 6 heteroatoms. The van der Waals surface area contributed by atoms with E-state index in [2.05, 4.69) is 5.32 Å². The normalized spacial score (nSPS) is 14.3. The van der Waals surface area contributed by atoms with Crippen molar-refractivity contribution in [3.63, 3.8) is 0 Å². The highest BCUT2D eigenvalue weighted by Gasteiger charge is 2.14. The standard InChI is InChI=1S/C9H18N2O4/c1-3-15-8(13)4-6(2)11-5-7(12)9(10)14/h6-7,11-12H,3-5H2,1-2H3,(H2,10,14). The van der Waals surface area contributed by atoms with Crippen molar-refractivity contribution in [1.29, 1.82) is 0 Å². The molecule has 88 valence electrons. The fraction of sp³-hybridized carbons (Fsp3) is 0.778. The van der Waals surface area contributed by atoms with Crippen molar-refractivity contribution in [3.8, 4) is 0 Å². The molecular formula is C9H18N2O4. The van der Waals surface area contributed by atoms with Gasteiger partial charge in [0.05, 0.1) is 13.0 Å². The molecule has 15 heavy (non-hydrogen) atoms. The number of ether oxygens (including phenoxy) is 1. The van der Waals surface area contributed by atoms with E-state index in [1.54, 1.807) is 13.8 Å². The average molecular weight is 218 g/mol. The van der Waals surface area contributed by atoms with Gasteiger partial charge in [0.2, 0.25) is 5.91 Å². The molecule has 0 aromatic rings. The van der Waals surface area contributed by atoms with Crippen LogP contribution in [0.15, 0.2) is 0 Å². The van der Waals surface area contributed by atoms with Gasteiger partial charge in [0, 0.05) is 12.6 Å². The van der Waals surface area contributed by atoms with E-state index < -0.39 is 12.0 Å². The predicted molar refractivity (Wildman–Crippen MR) is 53.9 cm³/mol. The molecule has 4 N–H and O–H groups in total. The summed E-state index contributed by atoms with van der Waals surface area (Å²) in [4.78, 5) is 21.5. The summed E-state index contributed by atoms with van der Waals surface area (Å²) in [5.74, 6) is -1.10. The first-order valence-corrected chi connectivity index (χ1v) is 4.83. The van der Waals surface area contributed by atoms with Crippen molar-refractivity contribution < 1.29 is 19.4 Å². The Labute approximate surface area is 88.8 Å². The Morgan fingerprint density at radius 1 is 1.53 bits per heavy atom. The van der Waals surface area contributed by atoms with Crippen molar-refractivity contribution >= 4 is 11.9 Å². The van der Waals surface area contributed by atoms with Gasteiger partial charge in [0.1, 0.15) is 6.10 Å². The first-order chi connectivity index (χ1) is 6.97. The van der Waals surface area contributed by atoms with Crippen LogP contribution in [0.25, 0.3) is 0 Å². The molecule has 2 unspecified atom stereocenters. The summed E-state index contributed by atoms with van der Waals surface area (Å²) in [5, 5.41) is 11.9. The third kappa shape index (κ3) is 6.87. The van der Waals surface area contributed by atoms with Crippen LogP contribution in [0.3, 0.4) is 0 Å². The lowest BCUT2D eigenvalue weighted by Crippen LogP contribution is -2.41. The van der Waals surface area contributed by atoms with E-state index in [0.29, 0.717) is 6.61 Å². The van der Waals surface area contributed by atoms with Gasteiger partial charge in [0.25, 0.3) is 0 Å². The zero-order valence-corrected chi connectivity index (χ0v) is 9.03. The Bertz CT molecular complexity index is 220.